The zero-order valence-corrected chi connectivity index (χ0v) is 14.1. The molecule has 3 aromatic rings. The van der Waals surface area contributed by atoms with Crippen molar-refractivity contribution in [2.75, 3.05) is 26.3 Å². The number of nitrogens with one attached hydrogen (secondary N) is 1. The van der Waals surface area contributed by atoms with Gasteiger partial charge in [-0.05, 0) is 50.0 Å². The fourth-order valence-electron chi connectivity index (χ4n) is 3.72. The van der Waals surface area contributed by atoms with E-state index in [0.29, 0.717) is 12.5 Å². The molecule has 4 rings (SSSR count). The third kappa shape index (κ3) is 3.80. The second-order valence-electron chi connectivity index (χ2n) is 6.82. The maximum Gasteiger partial charge on any atom is 0.125 e. The van der Waals surface area contributed by atoms with Crippen LogP contribution in [-0.4, -0.2) is 46.0 Å². The highest BCUT2D eigenvalue weighted by Crippen LogP contribution is 2.29. The summed E-state index contributed by atoms with van der Waals surface area (Å²) in [5, 5.41) is 5.50. The average molecular weight is 360 g/mol. The fourth-order valence-corrected chi connectivity index (χ4v) is 3.72. The third-order valence-corrected chi connectivity index (χ3v) is 5.14. The Hall–Kier alpha value is -2.21. The van der Waals surface area contributed by atoms with Gasteiger partial charge in [-0.1, -0.05) is 7.43 Å². The molecule has 1 aliphatic heterocycles. The van der Waals surface area contributed by atoms with Gasteiger partial charge in [-0.3, -0.25) is 4.68 Å². The summed E-state index contributed by atoms with van der Waals surface area (Å²) in [6, 6.07) is 4.79. The Morgan fingerprint density at radius 2 is 2.04 bits per heavy atom. The van der Waals surface area contributed by atoms with E-state index in [9.17, 15) is 8.78 Å². The van der Waals surface area contributed by atoms with Crippen molar-refractivity contribution >= 4 is 10.9 Å². The molecule has 0 bridgehead atoms. The number of H-pyrrole nitrogens is 1. The lowest BCUT2D eigenvalue weighted by atomic mass is 9.97. The van der Waals surface area contributed by atoms with Gasteiger partial charge in [-0.25, -0.2) is 8.78 Å². The zero-order chi connectivity index (χ0) is 17.2. The van der Waals surface area contributed by atoms with Crippen LogP contribution in [0.4, 0.5) is 8.78 Å². The molecule has 1 aliphatic rings. The number of fused-ring (bicyclic) bond motifs is 1. The summed E-state index contributed by atoms with van der Waals surface area (Å²) in [5.41, 5.74) is 2.87. The minimum atomic E-state index is -0.262. The first-order chi connectivity index (χ1) is 12.2. The van der Waals surface area contributed by atoms with E-state index in [4.69, 9.17) is 0 Å². The number of rotatable bonds is 5. The Kier molecular flexibility index (Phi) is 5.71. The molecule has 26 heavy (non-hydrogen) atoms. The number of hydrogen-bond acceptors (Lipinski definition) is 2. The van der Waals surface area contributed by atoms with Crippen LogP contribution in [0.15, 0.2) is 36.8 Å². The highest BCUT2D eigenvalue weighted by molar-refractivity contribution is 5.95. The second kappa shape index (κ2) is 7.99. The number of hydrogen-bond donors (Lipinski definition) is 1. The number of likely N-dealkylation sites (tertiary alicyclic amines) is 1. The lowest BCUT2D eigenvalue weighted by molar-refractivity contribution is 0.161. The van der Waals surface area contributed by atoms with E-state index in [0.717, 1.165) is 54.5 Å². The smallest absolute Gasteiger partial charge is 0.125 e. The molecular formula is C20H26F2N4. The molecule has 1 fully saturated rings. The molecule has 1 aromatic carbocycles. The van der Waals surface area contributed by atoms with Gasteiger partial charge in [0.05, 0.1) is 6.20 Å². The number of nitrogens with zero attached hydrogens (tertiary/aromatic N) is 3. The predicted octanol–water partition coefficient (Wildman–Crippen LogP) is 4.49. The monoisotopic (exact) mass is 360 g/mol. The van der Waals surface area contributed by atoms with Gasteiger partial charge in [-0.2, -0.15) is 5.10 Å². The summed E-state index contributed by atoms with van der Waals surface area (Å²) < 4.78 is 27.7. The molecule has 0 amide bonds. The van der Waals surface area contributed by atoms with E-state index in [1.165, 1.54) is 12.1 Å². The molecule has 140 valence electrons. The number of piperidine rings is 1. The molecule has 3 heterocycles. The summed E-state index contributed by atoms with van der Waals surface area (Å²) in [5.74, 6) is 0.344. The second-order valence-corrected chi connectivity index (χ2v) is 6.82. The van der Waals surface area contributed by atoms with Crippen molar-refractivity contribution in [1.82, 2.24) is 19.7 Å². The summed E-state index contributed by atoms with van der Waals surface area (Å²) in [6.45, 7) is 3.12. The Labute approximate surface area is 152 Å². The summed E-state index contributed by atoms with van der Waals surface area (Å²) >= 11 is 0. The van der Waals surface area contributed by atoms with E-state index >= 15 is 0 Å². The SMILES string of the molecule is C.FCCN1CCC(Cn2cc(-c3c[nH]c4cc(F)ccc34)cn2)CC1. The lowest BCUT2D eigenvalue weighted by Gasteiger charge is -2.31. The quantitative estimate of drug-likeness (QED) is 0.728. The van der Waals surface area contributed by atoms with Crippen LogP contribution in [0.1, 0.15) is 20.3 Å². The van der Waals surface area contributed by atoms with Crippen molar-refractivity contribution < 1.29 is 8.78 Å². The number of benzene rings is 1. The summed E-state index contributed by atoms with van der Waals surface area (Å²) in [6.07, 6.45) is 7.99. The fraction of sp³-hybridized carbons (Fsp3) is 0.450. The van der Waals surface area contributed by atoms with Gasteiger partial charge >= 0.3 is 0 Å². The molecule has 0 unspecified atom stereocenters. The Bertz CT molecular complexity index is 846. The van der Waals surface area contributed by atoms with Crippen LogP contribution in [0, 0.1) is 11.7 Å². The predicted molar refractivity (Wildman–Crippen MR) is 101 cm³/mol. The van der Waals surface area contributed by atoms with Crippen molar-refractivity contribution in [3.8, 4) is 11.1 Å². The average Bonchev–Trinajstić information content (AvgIpc) is 3.23. The third-order valence-electron chi connectivity index (χ3n) is 5.14. The molecule has 0 radical (unpaired) electrons. The normalized spacial score (nSPS) is 16.1. The highest BCUT2D eigenvalue weighted by atomic mass is 19.1. The van der Waals surface area contributed by atoms with E-state index in [1.807, 2.05) is 17.1 Å². The Morgan fingerprint density at radius 3 is 2.81 bits per heavy atom. The molecular weight excluding hydrogens is 334 g/mol. The Balaban J connectivity index is 0.00000196. The van der Waals surface area contributed by atoms with E-state index in [-0.39, 0.29) is 19.9 Å². The minimum Gasteiger partial charge on any atom is -0.360 e. The first-order valence-electron chi connectivity index (χ1n) is 8.81. The van der Waals surface area contributed by atoms with Crippen molar-refractivity contribution in [3.63, 3.8) is 0 Å². The van der Waals surface area contributed by atoms with Crippen LogP contribution >= 0.6 is 0 Å². The van der Waals surface area contributed by atoms with E-state index < -0.39 is 0 Å². The van der Waals surface area contributed by atoms with E-state index in [2.05, 4.69) is 21.2 Å². The molecule has 2 aromatic heterocycles. The maximum atomic E-state index is 13.3. The number of halogens is 2. The standard InChI is InChI=1S/C19H22F2N4.CH4/c20-5-8-24-6-3-14(4-7-24)12-25-13-15(10-23-25)18-11-22-19-9-16(21)1-2-17(18)19;/h1-2,9-11,13-14,22H,3-8,12H2;1H4. The molecule has 0 atom stereocenters. The van der Waals surface area contributed by atoms with Crippen LogP contribution in [0.5, 0.6) is 0 Å². The lowest BCUT2D eigenvalue weighted by Crippen LogP contribution is -2.36. The first-order valence-corrected chi connectivity index (χ1v) is 8.81. The van der Waals surface area contributed by atoms with E-state index in [1.54, 1.807) is 6.07 Å². The van der Waals surface area contributed by atoms with Gasteiger partial charge in [-0.15, -0.1) is 0 Å². The topological polar surface area (TPSA) is 36.9 Å². The minimum absolute atomic E-state index is 0. The van der Waals surface area contributed by atoms with Gasteiger partial charge in [0.2, 0.25) is 0 Å². The van der Waals surface area contributed by atoms with Crippen LogP contribution in [0.3, 0.4) is 0 Å². The van der Waals surface area contributed by atoms with Gasteiger partial charge in [0.1, 0.15) is 12.5 Å². The zero-order valence-electron chi connectivity index (χ0n) is 14.1. The van der Waals surface area contributed by atoms with Crippen LogP contribution in [0.25, 0.3) is 22.0 Å². The number of aromatic amines is 1. The van der Waals surface area contributed by atoms with Crippen LogP contribution in [-0.2, 0) is 6.54 Å². The van der Waals surface area contributed by atoms with Gasteiger partial charge in [0.25, 0.3) is 0 Å². The van der Waals surface area contributed by atoms with Crippen LogP contribution < -0.4 is 0 Å². The Morgan fingerprint density at radius 1 is 1.23 bits per heavy atom. The molecule has 0 spiro atoms. The molecule has 0 aliphatic carbocycles. The summed E-state index contributed by atoms with van der Waals surface area (Å²) in [4.78, 5) is 5.31. The maximum absolute atomic E-state index is 13.3. The molecule has 4 nitrogen and oxygen atoms in total. The van der Waals surface area contributed by atoms with Crippen molar-refractivity contribution in [2.45, 2.75) is 26.8 Å². The molecule has 1 N–H and O–H groups in total. The van der Waals surface area contributed by atoms with Crippen LogP contribution in [0.2, 0.25) is 0 Å². The number of alkyl halides is 1. The molecule has 1 saturated heterocycles. The van der Waals surface area contributed by atoms with Gasteiger partial charge in [0, 0.05) is 47.5 Å². The van der Waals surface area contributed by atoms with Gasteiger partial charge in [0.15, 0.2) is 0 Å². The van der Waals surface area contributed by atoms with Gasteiger partial charge < -0.3 is 9.88 Å². The first kappa shape index (κ1) is 18.6. The molecule has 0 saturated carbocycles. The summed E-state index contributed by atoms with van der Waals surface area (Å²) in [7, 11) is 0. The largest absolute Gasteiger partial charge is 0.360 e. The highest BCUT2D eigenvalue weighted by Gasteiger charge is 2.19. The molecule has 6 heteroatoms. The van der Waals surface area contributed by atoms with Crippen molar-refractivity contribution in [1.29, 1.82) is 0 Å². The van der Waals surface area contributed by atoms with Crippen molar-refractivity contribution in [2.24, 2.45) is 5.92 Å². The number of aromatic nitrogens is 3. The van der Waals surface area contributed by atoms with Crippen molar-refractivity contribution in [3.05, 3.63) is 42.6 Å².